The third-order valence-corrected chi connectivity index (χ3v) is 6.55. The Morgan fingerprint density at radius 2 is 1.91 bits per heavy atom. The first-order valence-corrected chi connectivity index (χ1v) is 9.72. The molecule has 0 aromatic heterocycles. The Labute approximate surface area is 142 Å². The van der Waals surface area contributed by atoms with E-state index in [4.69, 9.17) is 0 Å². The normalized spacial score (nSPS) is 33.7. The predicted molar refractivity (Wildman–Crippen MR) is 96.1 cm³/mol. The van der Waals surface area contributed by atoms with Crippen LogP contribution in [0.25, 0.3) is 0 Å². The molecule has 1 aromatic carbocycles. The SMILES string of the molecule is CCCCC[C@]1(C#N)CC[C@@H]2C[C@@H](c3ccccc3)CCC2C1. The van der Waals surface area contributed by atoms with Gasteiger partial charge in [0, 0.05) is 0 Å². The van der Waals surface area contributed by atoms with Crippen molar-refractivity contribution in [2.24, 2.45) is 17.3 Å². The van der Waals surface area contributed by atoms with Gasteiger partial charge in [-0.3, -0.25) is 0 Å². The number of fused-ring (bicyclic) bond motifs is 1. The van der Waals surface area contributed by atoms with Gasteiger partial charge >= 0.3 is 0 Å². The lowest BCUT2D eigenvalue weighted by atomic mass is 9.58. The maximum Gasteiger partial charge on any atom is 0.0689 e. The van der Waals surface area contributed by atoms with E-state index in [9.17, 15) is 5.26 Å². The first-order valence-electron chi connectivity index (χ1n) is 9.72. The second-order valence-corrected chi connectivity index (χ2v) is 8.03. The zero-order chi connectivity index (χ0) is 16.1. The minimum absolute atomic E-state index is 0.00984. The quantitative estimate of drug-likeness (QED) is 0.572. The molecule has 4 atom stereocenters. The summed E-state index contributed by atoms with van der Waals surface area (Å²) in [6, 6.07) is 13.8. The molecular formula is C22H31N. The third kappa shape index (κ3) is 3.79. The van der Waals surface area contributed by atoms with Gasteiger partial charge in [-0.25, -0.2) is 0 Å². The van der Waals surface area contributed by atoms with Crippen molar-refractivity contribution in [1.82, 2.24) is 0 Å². The Balaban J connectivity index is 1.61. The Hall–Kier alpha value is -1.29. The fraction of sp³-hybridized carbons (Fsp3) is 0.682. The van der Waals surface area contributed by atoms with Crippen molar-refractivity contribution in [2.45, 2.75) is 77.0 Å². The van der Waals surface area contributed by atoms with Gasteiger partial charge in [0.2, 0.25) is 0 Å². The van der Waals surface area contributed by atoms with Crippen LogP contribution in [0.1, 0.15) is 82.6 Å². The van der Waals surface area contributed by atoms with Crippen LogP contribution >= 0.6 is 0 Å². The lowest BCUT2D eigenvalue weighted by Crippen LogP contribution is -2.36. The maximum atomic E-state index is 9.81. The molecule has 0 spiro atoms. The molecule has 124 valence electrons. The molecule has 0 amide bonds. The van der Waals surface area contributed by atoms with Crippen molar-refractivity contribution in [1.29, 1.82) is 5.26 Å². The summed E-state index contributed by atoms with van der Waals surface area (Å²) >= 11 is 0. The van der Waals surface area contributed by atoms with Crippen LogP contribution in [0.5, 0.6) is 0 Å². The smallest absolute Gasteiger partial charge is 0.0689 e. The van der Waals surface area contributed by atoms with E-state index >= 15 is 0 Å². The number of benzene rings is 1. The number of unbranched alkanes of at least 4 members (excludes halogenated alkanes) is 2. The number of hydrogen-bond acceptors (Lipinski definition) is 1. The fourth-order valence-electron chi connectivity index (χ4n) is 5.14. The molecule has 0 radical (unpaired) electrons. The van der Waals surface area contributed by atoms with E-state index in [0.29, 0.717) is 0 Å². The van der Waals surface area contributed by atoms with Gasteiger partial charge < -0.3 is 0 Å². The lowest BCUT2D eigenvalue weighted by molar-refractivity contribution is 0.0785. The number of rotatable bonds is 5. The second-order valence-electron chi connectivity index (χ2n) is 8.03. The number of hydrogen-bond donors (Lipinski definition) is 0. The van der Waals surface area contributed by atoms with Gasteiger partial charge in [0.05, 0.1) is 11.5 Å². The molecule has 0 N–H and O–H groups in total. The summed E-state index contributed by atoms with van der Waals surface area (Å²) in [5.74, 6) is 2.43. The fourth-order valence-corrected chi connectivity index (χ4v) is 5.14. The summed E-state index contributed by atoms with van der Waals surface area (Å²) in [5, 5.41) is 9.81. The van der Waals surface area contributed by atoms with Crippen molar-refractivity contribution in [3.63, 3.8) is 0 Å². The minimum atomic E-state index is 0.00984. The van der Waals surface area contributed by atoms with E-state index in [-0.39, 0.29) is 5.41 Å². The van der Waals surface area contributed by atoms with Gasteiger partial charge in [-0.1, -0.05) is 56.5 Å². The van der Waals surface area contributed by atoms with Crippen LogP contribution in [0.3, 0.4) is 0 Å². The standard InChI is InChI=1S/C22H31N/c1-2-3-7-13-22(17-23)14-12-20-15-19(10-11-21(20)16-22)18-8-5-4-6-9-18/h4-6,8-9,19-21H,2-3,7,10-16H2,1H3/t19-,20+,21?,22-/m0/s1. The summed E-state index contributed by atoms with van der Waals surface area (Å²) < 4.78 is 0. The molecule has 2 aliphatic carbocycles. The maximum absolute atomic E-state index is 9.81. The van der Waals surface area contributed by atoms with Crippen LogP contribution in [0.15, 0.2) is 30.3 Å². The average Bonchev–Trinajstić information content (AvgIpc) is 2.62. The van der Waals surface area contributed by atoms with Crippen LogP contribution in [-0.4, -0.2) is 0 Å². The van der Waals surface area contributed by atoms with Crippen LogP contribution < -0.4 is 0 Å². The van der Waals surface area contributed by atoms with Gasteiger partial charge in [0.15, 0.2) is 0 Å². The molecule has 0 aliphatic heterocycles. The highest BCUT2D eigenvalue weighted by Gasteiger charge is 2.43. The van der Waals surface area contributed by atoms with Gasteiger partial charge in [-0.2, -0.15) is 5.26 Å². The molecule has 2 aliphatic rings. The molecule has 2 saturated carbocycles. The summed E-state index contributed by atoms with van der Waals surface area (Å²) in [5.41, 5.74) is 1.54. The zero-order valence-electron chi connectivity index (χ0n) is 14.6. The molecule has 23 heavy (non-hydrogen) atoms. The van der Waals surface area contributed by atoms with Crippen molar-refractivity contribution in [3.8, 4) is 6.07 Å². The summed E-state index contributed by atoms with van der Waals surface area (Å²) in [6.45, 7) is 2.25. The highest BCUT2D eigenvalue weighted by Crippen LogP contribution is 2.52. The van der Waals surface area contributed by atoms with Crippen molar-refractivity contribution < 1.29 is 0 Å². The van der Waals surface area contributed by atoms with Crippen molar-refractivity contribution in [2.75, 3.05) is 0 Å². The Kier molecular flexibility index (Phi) is 5.42. The van der Waals surface area contributed by atoms with Gasteiger partial charge in [-0.05, 0) is 68.3 Å². The third-order valence-electron chi connectivity index (χ3n) is 6.55. The molecule has 0 saturated heterocycles. The number of nitriles is 1. The van der Waals surface area contributed by atoms with Crippen molar-refractivity contribution >= 4 is 0 Å². The predicted octanol–water partition coefficient (Wildman–Crippen LogP) is 6.46. The van der Waals surface area contributed by atoms with E-state index in [1.807, 2.05) is 0 Å². The van der Waals surface area contributed by atoms with Crippen LogP contribution in [-0.2, 0) is 0 Å². The van der Waals surface area contributed by atoms with Crippen LogP contribution in [0, 0.1) is 28.6 Å². The Bertz CT molecular complexity index is 529. The molecule has 0 bridgehead atoms. The largest absolute Gasteiger partial charge is 0.198 e. The highest BCUT2D eigenvalue weighted by molar-refractivity contribution is 5.20. The van der Waals surface area contributed by atoms with E-state index in [1.165, 1.54) is 56.9 Å². The van der Waals surface area contributed by atoms with E-state index in [0.717, 1.165) is 30.6 Å². The Morgan fingerprint density at radius 1 is 1.09 bits per heavy atom. The van der Waals surface area contributed by atoms with Crippen LogP contribution in [0.2, 0.25) is 0 Å². The highest BCUT2D eigenvalue weighted by atomic mass is 14.5. The second kappa shape index (κ2) is 7.52. The summed E-state index contributed by atoms with van der Waals surface area (Å²) in [4.78, 5) is 0. The molecule has 1 heteroatoms. The van der Waals surface area contributed by atoms with E-state index in [2.05, 4.69) is 43.3 Å². The molecule has 3 rings (SSSR count). The lowest BCUT2D eigenvalue weighted by Gasteiger charge is -2.45. The van der Waals surface area contributed by atoms with Crippen molar-refractivity contribution in [3.05, 3.63) is 35.9 Å². The van der Waals surface area contributed by atoms with Crippen LogP contribution in [0.4, 0.5) is 0 Å². The topological polar surface area (TPSA) is 23.8 Å². The monoisotopic (exact) mass is 309 g/mol. The van der Waals surface area contributed by atoms with E-state index in [1.54, 1.807) is 0 Å². The average molecular weight is 309 g/mol. The van der Waals surface area contributed by atoms with Gasteiger partial charge in [0.25, 0.3) is 0 Å². The summed E-state index contributed by atoms with van der Waals surface area (Å²) in [7, 11) is 0. The summed E-state index contributed by atoms with van der Waals surface area (Å²) in [6.07, 6.45) is 12.5. The first kappa shape index (κ1) is 16.6. The molecule has 1 unspecified atom stereocenters. The minimum Gasteiger partial charge on any atom is -0.198 e. The van der Waals surface area contributed by atoms with E-state index < -0.39 is 0 Å². The molecular weight excluding hydrogens is 278 g/mol. The zero-order valence-corrected chi connectivity index (χ0v) is 14.6. The molecule has 0 heterocycles. The molecule has 1 aromatic rings. The molecule has 1 nitrogen and oxygen atoms in total. The number of nitrogens with zero attached hydrogens (tertiary/aromatic N) is 1. The Morgan fingerprint density at radius 3 is 2.65 bits per heavy atom. The van der Waals surface area contributed by atoms with Gasteiger partial charge in [0.1, 0.15) is 0 Å². The van der Waals surface area contributed by atoms with Gasteiger partial charge in [-0.15, -0.1) is 0 Å². The molecule has 2 fully saturated rings. The first-order chi connectivity index (χ1) is 11.3.